The summed E-state index contributed by atoms with van der Waals surface area (Å²) in [5.74, 6) is -0.224. The highest BCUT2D eigenvalue weighted by Gasteiger charge is 2.60. The van der Waals surface area contributed by atoms with E-state index in [1.807, 2.05) is 33.4 Å². The Kier molecular flexibility index (Phi) is 14.8. The zero-order chi connectivity index (χ0) is 55.6. The van der Waals surface area contributed by atoms with Crippen molar-refractivity contribution in [3.8, 4) is 0 Å². The van der Waals surface area contributed by atoms with Gasteiger partial charge in [-0.15, -0.1) is 0 Å². The summed E-state index contributed by atoms with van der Waals surface area (Å²) < 4.78 is 37.5. The number of fused-ring (bicyclic) bond motifs is 4. The summed E-state index contributed by atoms with van der Waals surface area (Å²) in [6.07, 6.45) is 2.71. The van der Waals surface area contributed by atoms with Crippen molar-refractivity contribution in [3.63, 3.8) is 0 Å². The lowest BCUT2D eigenvalue weighted by molar-refractivity contribution is -0.154. The van der Waals surface area contributed by atoms with Gasteiger partial charge >= 0.3 is 5.97 Å². The fourth-order valence-corrected chi connectivity index (χ4v) is 22.9. The molecular weight excluding hydrogens is 1080 g/mol. The molecule has 8 aromatic rings. The van der Waals surface area contributed by atoms with Crippen LogP contribution in [-0.4, -0.2) is 103 Å². The zero-order valence-electron chi connectivity index (χ0n) is 45.2. The molecule has 4 aromatic carbocycles. The minimum absolute atomic E-state index is 0.00348. The third-order valence-electron chi connectivity index (χ3n) is 16.3. The summed E-state index contributed by atoms with van der Waals surface area (Å²) in [6, 6.07) is 42.2. The van der Waals surface area contributed by atoms with Gasteiger partial charge in [-0.3, -0.25) is 13.9 Å². The fraction of sp³-hybridized carbons (Fsp3) is 0.397. The van der Waals surface area contributed by atoms with Gasteiger partial charge in [-0.2, -0.15) is 19.9 Å². The van der Waals surface area contributed by atoms with Crippen molar-refractivity contribution in [2.24, 2.45) is 11.8 Å². The maximum atomic E-state index is 12.2. The second kappa shape index (κ2) is 21.4. The average molecular weight is 1140 g/mol. The highest BCUT2D eigenvalue weighted by molar-refractivity contribution is 7.00. The minimum atomic E-state index is -2.86. The second-order valence-electron chi connectivity index (χ2n) is 23.1. The number of aliphatic hydroxyl groups is 1. The van der Waals surface area contributed by atoms with Crippen molar-refractivity contribution in [2.75, 3.05) is 11.5 Å². The van der Waals surface area contributed by atoms with Gasteiger partial charge in [0, 0.05) is 44.4 Å². The SMILES string of the molecule is CC(=O)O[C@@H]1C[C@@H](O[Si](c2ccccc2)(c2ccccc2)C(C)(C)C)[C@@H]2CC(n3cnc4c(Cl)nc(N)nc43)O[C@@H]21.CC(C)(C)[Si](O[C@@H]1C[C@@H](O)[C@H]2O[C@@H](n3cnc4c(Cl)nc(N)nc43)C[C@H]21)(c1ccccc1)c1ccccc1. The number of esters is 1. The van der Waals surface area contributed by atoms with Crippen molar-refractivity contribution in [1.29, 1.82) is 0 Å². The molecule has 79 heavy (non-hydrogen) atoms. The number of aromatic nitrogens is 8. The molecule has 4 aromatic heterocycles. The Labute approximate surface area is 471 Å². The van der Waals surface area contributed by atoms with Crippen LogP contribution < -0.4 is 32.2 Å². The van der Waals surface area contributed by atoms with Gasteiger partial charge in [0.25, 0.3) is 16.6 Å². The topological polar surface area (TPSA) is 223 Å². The molecule has 2 saturated heterocycles. The average Bonchev–Trinajstić information content (AvgIpc) is 4.48. The number of halogens is 2. The van der Waals surface area contributed by atoms with E-state index in [2.05, 4.69) is 169 Å². The minimum Gasteiger partial charge on any atom is -0.460 e. The Morgan fingerprint density at radius 2 is 0.937 bits per heavy atom. The molecular formula is C58H66Cl2N10O7Si2. The van der Waals surface area contributed by atoms with Crippen molar-refractivity contribution in [1.82, 2.24) is 39.0 Å². The maximum absolute atomic E-state index is 12.2. The number of aliphatic hydroxyl groups excluding tert-OH is 1. The van der Waals surface area contributed by atoms with E-state index >= 15 is 0 Å². The normalized spacial score (nSPS) is 25.0. The first-order valence-electron chi connectivity index (χ1n) is 26.8. The van der Waals surface area contributed by atoms with Crippen LogP contribution in [-0.2, 0) is 27.9 Å². The summed E-state index contributed by atoms with van der Waals surface area (Å²) in [7, 11) is -5.65. The van der Waals surface area contributed by atoms with Crippen LogP contribution in [0.4, 0.5) is 11.9 Å². The largest absolute Gasteiger partial charge is 0.460 e. The Balaban J connectivity index is 0.000000168. The van der Waals surface area contributed by atoms with E-state index in [0.29, 0.717) is 48.0 Å². The molecule has 412 valence electrons. The molecule has 21 heteroatoms. The fourth-order valence-electron chi connectivity index (χ4n) is 13.0. The Bertz CT molecular complexity index is 3380. The van der Waals surface area contributed by atoms with E-state index in [1.54, 1.807) is 12.7 Å². The number of carbonyl (C=O) groups is 1. The highest BCUT2D eigenvalue weighted by Crippen LogP contribution is 2.51. The quantitative estimate of drug-likeness (QED) is 0.0636. The summed E-state index contributed by atoms with van der Waals surface area (Å²) in [6.45, 7) is 15.0. The number of imidazole rings is 2. The van der Waals surface area contributed by atoms with E-state index in [9.17, 15) is 9.90 Å². The molecule has 6 heterocycles. The van der Waals surface area contributed by atoms with Gasteiger partial charge in [0.05, 0.1) is 37.1 Å². The van der Waals surface area contributed by atoms with Gasteiger partial charge in [-0.05, 0) is 30.8 Å². The van der Waals surface area contributed by atoms with E-state index in [-0.39, 0.29) is 80.7 Å². The predicted molar refractivity (Wildman–Crippen MR) is 309 cm³/mol. The van der Waals surface area contributed by atoms with Crippen LogP contribution in [0, 0.1) is 11.8 Å². The number of nitrogens with zero attached hydrogens (tertiary/aromatic N) is 8. The van der Waals surface area contributed by atoms with Gasteiger partial charge in [-0.25, -0.2) is 9.97 Å². The summed E-state index contributed by atoms with van der Waals surface area (Å²) >= 11 is 12.5. The van der Waals surface area contributed by atoms with Crippen LogP contribution in [0.5, 0.6) is 0 Å². The van der Waals surface area contributed by atoms with Crippen molar-refractivity contribution < 1.29 is 33.0 Å². The monoisotopic (exact) mass is 1140 g/mol. The van der Waals surface area contributed by atoms with Crippen LogP contribution in [0.1, 0.15) is 86.6 Å². The molecule has 12 rings (SSSR count). The lowest BCUT2D eigenvalue weighted by Gasteiger charge is -2.45. The van der Waals surface area contributed by atoms with Crippen molar-refractivity contribution >= 4 is 101 Å². The van der Waals surface area contributed by atoms with Crippen LogP contribution in [0.2, 0.25) is 20.4 Å². The number of rotatable bonds is 11. The second-order valence-corrected chi connectivity index (χ2v) is 32.4. The van der Waals surface area contributed by atoms with E-state index in [0.717, 1.165) is 0 Å². The third kappa shape index (κ3) is 9.94. The Hall–Kier alpha value is -6.14. The van der Waals surface area contributed by atoms with Gasteiger partial charge < -0.3 is 39.6 Å². The van der Waals surface area contributed by atoms with Gasteiger partial charge in [0.2, 0.25) is 11.9 Å². The van der Waals surface area contributed by atoms with E-state index in [1.165, 1.54) is 27.7 Å². The standard InChI is InChI=1S/C30H34ClN5O4Si.C28H32ClN5O3Si/c1-18(37)38-23-16-22(21-15-24(39-26(21)23)36-17-33-25-27(31)34-29(32)35-28(25)36)40-41(30(2,3)4,19-11-7-5-8-12-19)20-13-9-6-10-14-20;1-28(2,3)38(17-10-6-4-7-11-17,18-12-8-5-9-13-18)37-21-15-20(35)24-19(21)14-22(36-24)34-16-31-23-25(29)32-27(30)33-26(23)34/h5-14,17,21-24,26H,15-16H2,1-4H3,(H2,32,34,35);4-13,16,19-22,24,35H,14-15H2,1-3H3,(H2,30,32,33)/t21-,22+,23+,24?,26-;19-,20+,21+,22+,24-/m00/s1. The number of nitrogen functional groups attached to an aromatic ring is 2. The first-order chi connectivity index (χ1) is 37.8. The third-order valence-corrected chi connectivity index (χ3v) is 26.9. The van der Waals surface area contributed by atoms with E-state index in [4.69, 9.17) is 57.7 Å². The van der Waals surface area contributed by atoms with Crippen molar-refractivity contribution in [2.45, 2.75) is 133 Å². The molecule has 0 amide bonds. The smallest absolute Gasteiger partial charge is 0.302 e. The van der Waals surface area contributed by atoms with E-state index < -0.39 is 35.1 Å². The molecule has 0 bridgehead atoms. The molecule has 0 spiro atoms. The molecule has 0 radical (unpaired) electrons. The first kappa shape index (κ1) is 54.8. The Morgan fingerprint density at radius 3 is 1.32 bits per heavy atom. The van der Waals surface area contributed by atoms with Crippen molar-refractivity contribution in [3.05, 3.63) is 144 Å². The summed E-state index contributed by atoms with van der Waals surface area (Å²) in [5.41, 5.74) is 13.7. The molecule has 4 fully saturated rings. The predicted octanol–water partition coefficient (Wildman–Crippen LogP) is 7.92. The number of benzene rings is 4. The highest BCUT2D eigenvalue weighted by atomic mass is 35.5. The Morgan fingerprint density at radius 1 is 0.570 bits per heavy atom. The zero-order valence-corrected chi connectivity index (χ0v) is 48.7. The molecule has 1 unspecified atom stereocenters. The number of nitrogens with two attached hydrogens (primary N) is 2. The molecule has 10 atom stereocenters. The van der Waals surface area contributed by atoms with Crippen LogP contribution in [0.3, 0.4) is 0 Å². The molecule has 2 aliphatic carbocycles. The molecule has 17 nitrogen and oxygen atoms in total. The lowest BCUT2D eigenvalue weighted by atomic mass is 10.0. The number of hydrogen-bond acceptors (Lipinski definition) is 15. The molecule has 2 saturated carbocycles. The molecule has 4 aliphatic rings. The van der Waals surface area contributed by atoms with Crippen LogP contribution in [0.15, 0.2) is 134 Å². The molecule has 2 aliphatic heterocycles. The summed E-state index contributed by atoms with van der Waals surface area (Å²) in [4.78, 5) is 37.7. The lowest BCUT2D eigenvalue weighted by Crippen LogP contribution is -2.68. The summed E-state index contributed by atoms with van der Waals surface area (Å²) in [5, 5.41) is 16.0. The number of ether oxygens (including phenoxy) is 3. The molecule has 5 N–H and O–H groups in total. The number of hydrogen-bond donors (Lipinski definition) is 3. The van der Waals surface area contributed by atoms with Gasteiger partial charge in [-0.1, -0.05) is 186 Å². The van der Waals surface area contributed by atoms with Crippen LogP contribution in [0.25, 0.3) is 22.3 Å². The number of carbonyl (C=O) groups excluding carboxylic acids is 1. The van der Waals surface area contributed by atoms with Crippen LogP contribution >= 0.6 is 23.2 Å². The maximum Gasteiger partial charge on any atom is 0.302 e. The first-order valence-corrected chi connectivity index (χ1v) is 31.4. The van der Waals surface area contributed by atoms with Gasteiger partial charge in [0.15, 0.2) is 21.6 Å². The van der Waals surface area contributed by atoms with Gasteiger partial charge in [0.1, 0.15) is 35.7 Å². The number of anilines is 2.